The van der Waals surface area contributed by atoms with Gasteiger partial charge in [-0.1, -0.05) is 0 Å². The second-order valence-electron chi connectivity index (χ2n) is 3.82. The molecular formula is C13H10FN3O2. The number of nitrogens with two attached hydrogens (primary N) is 1. The molecule has 0 radical (unpaired) electrons. The Labute approximate surface area is 108 Å². The fourth-order valence-electron chi connectivity index (χ4n) is 1.61. The molecule has 0 saturated carbocycles. The van der Waals surface area contributed by atoms with Crippen LogP contribution in [-0.4, -0.2) is 21.8 Å². The highest BCUT2D eigenvalue weighted by atomic mass is 19.1. The Morgan fingerprint density at radius 1 is 1.37 bits per heavy atom. The molecule has 4 N–H and O–H groups in total. The molecule has 0 fully saturated rings. The number of nitrogen functional groups attached to an aromatic ring is 1. The van der Waals surface area contributed by atoms with E-state index in [2.05, 4.69) is 4.98 Å². The normalized spacial score (nSPS) is 10.2. The molecule has 0 aliphatic rings. The van der Waals surface area contributed by atoms with E-state index in [1.165, 1.54) is 18.3 Å². The van der Waals surface area contributed by atoms with E-state index in [1.54, 1.807) is 12.1 Å². The number of rotatable bonds is 3. The third-order valence-electron chi connectivity index (χ3n) is 2.56. The standard InChI is InChI=1S/C13H10FN3O2/c14-9-6-7(13(18)19)3-4-8(9)11(16)12-10(15)2-1-5-17-12/h1-6,16H,15H2,(H,18,19). The van der Waals surface area contributed by atoms with Crippen LogP contribution in [0.2, 0.25) is 0 Å². The maximum Gasteiger partial charge on any atom is 0.335 e. The third kappa shape index (κ3) is 2.42. The Bertz CT molecular complexity index is 671. The van der Waals surface area contributed by atoms with Crippen LogP contribution in [0.4, 0.5) is 10.1 Å². The van der Waals surface area contributed by atoms with E-state index in [0.717, 1.165) is 6.07 Å². The highest BCUT2D eigenvalue weighted by Crippen LogP contribution is 2.17. The summed E-state index contributed by atoms with van der Waals surface area (Å²) in [7, 11) is 0. The van der Waals surface area contributed by atoms with Crippen molar-refractivity contribution in [3.63, 3.8) is 0 Å². The molecule has 5 nitrogen and oxygen atoms in total. The minimum Gasteiger partial charge on any atom is -0.478 e. The van der Waals surface area contributed by atoms with Gasteiger partial charge in [-0.3, -0.25) is 10.4 Å². The number of hydrogen-bond acceptors (Lipinski definition) is 4. The third-order valence-corrected chi connectivity index (χ3v) is 2.56. The number of nitrogens with one attached hydrogen (secondary N) is 1. The van der Waals surface area contributed by atoms with E-state index in [-0.39, 0.29) is 28.2 Å². The minimum atomic E-state index is -1.23. The highest BCUT2D eigenvalue weighted by molar-refractivity contribution is 6.12. The average Bonchev–Trinajstić information content (AvgIpc) is 2.38. The van der Waals surface area contributed by atoms with Crippen molar-refractivity contribution >= 4 is 17.4 Å². The van der Waals surface area contributed by atoms with Crippen LogP contribution in [0.25, 0.3) is 0 Å². The van der Waals surface area contributed by atoms with Gasteiger partial charge in [0, 0.05) is 11.8 Å². The number of aromatic carboxylic acids is 1. The van der Waals surface area contributed by atoms with Crippen molar-refractivity contribution in [1.82, 2.24) is 4.98 Å². The van der Waals surface area contributed by atoms with Gasteiger partial charge in [0.25, 0.3) is 0 Å². The average molecular weight is 259 g/mol. The first-order valence-corrected chi connectivity index (χ1v) is 5.33. The van der Waals surface area contributed by atoms with Crippen molar-refractivity contribution in [3.05, 3.63) is 59.2 Å². The van der Waals surface area contributed by atoms with Gasteiger partial charge >= 0.3 is 5.97 Å². The molecule has 0 bridgehead atoms. The van der Waals surface area contributed by atoms with E-state index in [0.29, 0.717) is 0 Å². The second kappa shape index (κ2) is 4.85. The summed E-state index contributed by atoms with van der Waals surface area (Å²) in [6.45, 7) is 0. The Morgan fingerprint density at radius 2 is 2.11 bits per heavy atom. The quantitative estimate of drug-likeness (QED) is 0.733. The smallest absolute Gasteiger partial charge is 0.335 e. The fraction of sp³-hybridized carbons (Fsp3) is 0. The molecule has 2 aromatic rings. The number of aromatic nitrogens is 1. The van der Waals surface area contributed by atoms with Crippen LogP contribution in [0, 0.1) is 11.2 Å². The van der Waals surface area contributed by atoms with E-state index in [1.807, 2.05) is 0 Å². The zero-order valence-corrected chi connectivity index (χ0v) is 9.72. The van der Waals surface area contributed by atoms with E-state index < -0.39 is 11.8 Å². The zero-order valence-electron chi connectivity index (χ0n) is 9.72. The van der Waals surface area contributed by atoms with Crippen LogP contribution < -0.4 is 5.73 Å². The number of halogens is 1. The summed E-state index contributed by atoms with van der Waals surface area (Å²) in [5, 5.41) is 16.6. The first kappa shape index (κ1) is 12.7. The maximum absolute atomic E-state index is 13.8. The number of carboxylic acids is 1. The zero-order chi connectivity index (χ0) is 14.0. The topological polar surface area (TPSA) is 100 Å². The number of hydrogen-bond donors (Lipinski definition) is 3. The van der Waals surface area contributed by atoms with Crippen LogP contribution in [0.15, 0.2) is 36.5 Å². The van der Waals surface area contributed by atoms with Crippen molar-refractivity contribution in [2.75, 3.05) is 5.73 Å². The summed E-state index contributed by atoms with van der Waals surface area (Å²) in [6.07, 6.45) is 1.45. The van der Waals surface area contributed by atoms with Crippen LogP contribution in [0.3, 0.4) is 0 Å². The number of anilines is 1. The van der Waals surface area contributed by atoms with Gasteiger partial charge in [-0.25, -0.2) is 9.18 Å². The lowest BCUT2D eigenvalue weighted by Crippen LogP contribution is -2.10. The Morgan fingerprint density at radius 3 is 2.68 bits per heavy atom. The summed E-state index contributed by atoms with van der Waals surface area (Å²) in [5.41, 5.74) is 5.67. The molecule has 0 aliphatic heterocycles. The van der Waals surface area contributed by atoms with Crippen molar-refractivity contribution in [2.24, 2.45) is 0 Å². The lowest BCUT2D eigenvalue weighted by Gasteiger charge is -2.08. The number of pyridine rings is 1. The van der Waals surface area contributed by atoms with Gasteiger partial charge in [-0.2, -0.15) is 0 Å². The van der Waals surface area contributed by atoms with E-state index >= 15 is 0 Å². The molecule has 0 spiro atoms. The van der Waals surface area contributed by atoms with E-state index in [9.17, 15) is 9.18 Å². The first-order valence-electron chi connectivity index (χ1n) is 5.33. The number of benzene rings is 1. The van der Waals surface area contributed by atoms with Crippen molar-refractivity contribution in [1.29, 1.82) is 5.41 Å². The molecule has 1 aromatic heterocycles. The van der Waals surface area contributed by atoms with Gasteiger partial charge < -0.3 is 10.8 Å². The van der Waals surface area contributed by atoms with Gasteiger partial charge in [0.15, 0.2) is 0 Å². The molecule has 1 heterocycles. The molecule has 0 aliphatic carbocycles. The summed E-state index contributed by atoms with van der Waals surface area (Å²) in [4.78, 5) is 14.6. The molecule has 0 amide bonds. The molecule has 2 rings (SSSR count). The monoisotopic (exact) mass is 259 g/mol. The van der Waals surface area contributed by atoms with Crippen LogP contribution in [-0.2, 0) is 0 Å². The van der Waals surface area contributed by atoms with Crippen molar-refractivity contribution in [3.8, 4) is 0 Å². The van der Waals surface area contributed by atoms with Gasteiger partial charge in [0.2, 0.25) is 0 Å². The Balaban J connectivity index is 2.46. The second-order valence-corrected chi connectivity index (χ2v) is 3.82. The number of carbonyl (C=O) groups is 1. The fourth-order valence-corrected chi connectivity index (χ4v) is 1.61. The molecular weight excluding hydrogens is 249 g/mol. The molecule has 0 saturated heterocycles. The van der Waals surface area contributed by atoms with Gasteiger partial charge in [0.05, 0.1) is 17.0 Å². The molecule has 96 valence electrons. The summed E-state index contributed by atoms with van der Waals surface area (Å²) in [5.74, 6) is -2.02. The number of carboxylic acid groups (broad SMARTS) is 1. The van der Waals surface area contributed by atoms with Gasteiger partial charge in [0.1, 0.15) is 11.5 Å². The summed E-state index contributed by atoms with van der Waals surface area (Å²) in [6, 6.07) is 6.49. The SMILES string of the molecule is N=C(c1ccc(C(=O)O)cc1F)c1ncccc1N. The molecule has 0 atom stereocenters. The maximum atomic E-state index is 13.8. The summed E-state index contributed by atoms with van der Waals surface area (Å²) >= 11 is 0. The van der Waals surface area contributed by atoms with Gasteiger partial charge in [-0.15, -0.1) is 0 Å². The predicted octanol–water partition coefficient (Wildman–Crippen LogP) is 1.92. The highest BCUT2D eigenvalue weighted by Gasteiger charge is 2.15. The van der Waals surface area contributed by atoms with E-state index in [4.69, 9.17) is 16.2 Å². The van der Waals surface area contributed by atoms with Crippen LogP contribution >= 0.6 is 0 Å². The van der Waals surface area contributed by atoms with Crippen LogP contribution in [0.1, 0.15) is 21.6 Å². The summed E-state index contributed by atoms with van der Waals surface area (Å²) < 4.78 is 13.8. The molecule has 0 unspecified atom stereocenters. The first-order chi connectivity index (χ1) is 9.00. The van der Waals surface area contributed by atoms with Crippen molar-refractivity contribution < 1.29 is 14.3 Å². The van der Waals surface area contributed by atoms with Gasteiger partial charge in [-0.05, 0) is 30.3 Å². The molecule has 19 heavy (non-hydrogen) atoms. The largest absolute Gasteiger partial charge is 0.478 e. The lowest BCUT2D eigenvalue weighted by atomic mass is 10.0. The number of nitrogens with zero attached hydrogens (tertiary/aromatic N) is 1. The molecule has 6 heteroatoms. The van der Waals surface area contributed by atoms with Crippen LogP contribution in [0.5, 0.6) is 0 Å². The minimum absolute atomic E-state index is 0.0459. The molecule has 1 aromatic carbocycles. The van der Waals surface area contributed by atoms with Crippen molar-refractivity contribution in [2.45, 2.75) is 0 Å². The Hall–Kier alpha value is -2.76. The predicted molar refractivity (Wildman–Crippen MR) is 67.9 cm³/mol. The lowest BCUT2D eigenvalue weighted by molar-refractivity contribution is 0.0696. The Kier molecular flexibility index (Phi) is 3.24.